The summed E-state index contributed by atoms with van der Waals surface area (Å²) in [6, 6.07) is 8.04. The standard InChI is InChI=1S/C15H17NO2/c1-4-11-9-12-8-10(3)6-7-13(12)16-14(11)15(17)18-5-2/h6-9H,4-5H2,1-3H3. The van der Waals surface area contributed by atoms with Crippen LogP contribution in [0.5, 0.6) is 0 Å². The van der Waals surface area contributed by atoms with Crippen molar-refractivity contribution in [2.75, 3.05) is 6.61 Å². The summed E-state index contributed by atoms with van der Waals surface area (Å²) in [6.45, 7) is 6.23. The van der Waals surface area contributed by atoms with Crippen LogP contribution in [-0.4, -0.2) is 17.6 Å². The maximum Gasteiger partial charge on any atom is 0.357 e. The van der Waals surface area contributed by atoms with Crippen LogP contribution in [0.3, 0.4) is 0 Å². The fourth-order valence-corrected chi connectivity index (χ4v) is 1.99. The van der Waals surface area contributed by atoms with Gasteiger partial charge in [-0.05, 0) is 44.0 Å². The molecule has 0 amide bonds. The fourth-order valence-electron chi connectivity index (χ4n) is 1.99. The van der Waals surface area contributed by atoms with E-state index < -0.39 is 0 Å². The Morgan fingerprint density at radius 2 is 2.06 bits per heavy atom. The molecule has 0 radical (unpaired) electrons. The van der Waals surface area contributed by atoms with Crippen LogP contribution in [0, 0.1) is 6.92 Å². The lowest BCUT2D eigenvalue weighted by molar-refractivity contribution is 0.0518. The van der Waals surface area contributed by atoms with Gasteiger partial charge >= 0.3 is 5.97 Å². The first-order chi connectivity index (χ1) is 8.65. The highest BCUT2D eigenvalue weighted by molar-refractivity contribution is 5.93. The summed E-state index contributed by atoms with van der Waals surface area (Å²) >= 11 is 0. The molecule has 3 nitrogen and oxygen atoms in total. The molecule has 0 spiro atoms. The fraction of sp³-hybridized carbons (Fsp3) is 0.333. The first kappa shape index (κ1) is 12.6. The van der Waals surface area contributed by atoms with Gasteiger partial charge in [0.05, 0.1) is 12.1 Å². The minimum Gasteiger partial charge on any atom is -0.461 e. The molecule has 2 aromatic rings. The SMILES string of the molecule is CCOC(=O)c1nc2ccc(C)cc2cc1CC. The molecule has 1 heterocycles. The van der Waals surface area contributed by atoms with Crippen molar-refractivity contribution in [2.24, 2.45) is 0 Å². The van der Waals surface area contributed by atoms with E-state index in [0.717, 1.165) is 22.9 Å². The summed E-state index contributed by atoms with van der Waals surface area (Å²) < 4.78 is 5.04. The Morgan fingerprint density at radius 1 is 1.28 bits per heavy atom. The number of pyridine rings is 1. The molecule has 0 unspecified atom stereocenters. The predicted molar refractivity (Wildman–Crippen MR) is 71.8 cm³/mol. The lowest BCUT2D eigenvalue weighted by Gasteiger charge is -2.08. The van der Waals surface area contributed by atoms with Gasteiger partial charge in [0.15, 0.2) is 5.69 Å². The van der Waals surface area contributed by atoms with E-state index in [0.29, 0.717) is 12.3 Å². The van der Waals surface area contributed by atoms with Crippen LogP contribution in [-0.2, 0) is 11.2 Å². The highest BCUT2D eigenvalue weighted by Crippen LogP contribution is 2.19. The Balaban J connectivity index is 2.59. The first-order valence-electron chi connectivity index (χ1n) is 6.23. The molecule has 0 saturated heterocycles. The third-order valence-electron chi connectivity index (χ3n) is 2.90. The van der Waals surface area contributed by atoms with Crippen molar-refractivity contribution in [3.05, 3.63) is 41.1 Å². The Morgan fingerprint density at radius 3 is 2.72 bits per heavy atom. The second kappa shape index (κ2) is 5.17. The second-order valence-electron chi connectivity index (χ2n) is 4.27. The molecule has 0 aliphatic heterocycles. The van der Waals surface area contributed by atoms with E-state index in [1.165, 1.54) is 5.56 Å². The van der Waals surface area contributed by atoms with Gasteiger partial charge in [-0.2, -0.15) is 0 Å². The van der Waals surface area contributed by atoms with E-state index in [1.807, 2.05) is 32.0 Å². The van der Waals surface area contributed by atoms with Crippen molar-refractivity contribution in [2.45, 2.75) is 27.2 Å². The molecule has 0 N–H and O–H groups in total. The number of ether oxygens (including phenoxy) is 1. The molecule has 18 heavy (non-hydrogen) atoms. The number of benzene rings is 1. The highest BCUT2D eigenvalue weighted by Gasteiger charge is 2.14. The van der Waals surface area contributed by atoms with Crippen LogP contribution in [0.2, 0.25) is 0 Å². The monoisotopic (exact) mass is 243 g/mol. The van der Waals surface area contributed by atoms with Crippen molar-refractivity contribution in [1.29, 1.82) is 0 Å². The second-order valence-corrected chi connectivity index (χ2v) is 4.27. The van der Waals surface area contributed by atoms with Crippen LogP contribution in [0.25, 0.3) is 10.9 Å². The predicted octanol–water partition coefficient (Wildman–Crippen LogP) is 3.28. The summed E-state index contributed by atoms with van der Waals surface area (Å²) in [5, 5.41) is 1.07. The summed E-state index contributed by atoms with van der Waals surface area (Å²) in [4.78, 5) is 16.3. The summed E-state index contributed by atoms with van der Waals surface area (Å²) in [7, 11) is 0. The largest absolute Gasteiger partial charge is 0.461 e. The average Bonchev–Trinajstić information content (AvgIpc) is 2.37. The molecular weight excluding hydrogens is 226 g/mol. The topological polar surface area (TPSA) is 39.2 Å². The van der Waals surface area contributed by atoms with Gasteiger partial charge in [0, 0.05) is 5.39 Å². The summed E-state index contributed by atoms with van der Waals surface area (Å²) in [5.74, 6) is -0.336. The van der Waals surface area contributed by atoms with Gasteiger partial charge in [-0.25, -0.2) is 9.78 Å². The van der Waals surface area contributed by atoms with E-state index in [2.05, 4.69) is 11.1 Å². The maximum atomic E-state index is 11.9. The molecule has 1 aromatic carbocycles. The van der Waals surface area contributed by atoms with Crippen molar-refractivity contribution in [1.82, 2.24) is 4.98 Å². The van der Waals surface area contributed by atoms with Gasteiger partial charge in [0.2, 0.25) is 0 Å². The number of aromatic nitrogens is 1. The number of nitrogens with zero attached hydrogens (tertiary/aromatic N) is 1. The third-order valence-corrected chi connectivity index (χ3v) is 2.90. The van der Waals surface area contributed by atoms with Crippen molar-refractivity contribution in [3.8, 4) is 0 Å². The zero-order chi connectivity index (χ0) is 13.1. The molecule has 3 heteroatoms. The number of aryl methyl sites for hydroxylation is 2. The van der Waals surface area contributed by atoms with Gasteiger partial charge in [0.25, 0.3) is 0 Å². The molecule has 94 valence electrons. The van der Waals surface area contributed by atoms with Crippen molar-refractivity contribution in [3.63, 3.8) is 0 Å². The molecule has 0 atom stereocenters. The van der Waals surface area contributed by atoms with E-state index in [9.17, 15) is 4.79 Å². The van der Waals surface area contributed by atoms with Gasteiger partial charge in [-0.15, -0.1) is 0 Å². The zero-order valence-corrected chi connectivity index (χ0v) is 11.0. The lowest BCUT2D eigenvalue weighted by Crippen LogP contribution is -2.10. The number of carbonyl (C=O) groups is 1. The molecule has 2 rings (SSSR count). The quantitative estimate of drug-likeness (QED) is 0.776. The first-order valence-corrected chi connectivity index (χ1v) is 6.23. The molecule has 0 saturated carbocycles. The Labute approximate surface area is 107 Å². The van der Waals surface area contributed by atoms with Crippen LogP contribution in [0.15, 0.2) is 24.3 Å². The summed E-state index contributed by atoms with van der Waals surface area (Å²) in [5.41, 5.74) is 3.40. The smallest absolute Gasteiger partial charge is 0.357 e. The molecule has 0 bridgehead atoms. The maximum absolute atomic E-state index is 11.9. The minimum atomic E-state index is -0.336. The Bertz CT molecular complexity index is 590. The molecule has 0 fully saturated rings. The van der Waals surface area contributed by atoms with Crippen LogP contribution in [0.4, 0.5) is 0 Å². The van der Waals surface area contributed by atoms with E-state index in [-0.39, 0.29) is 5.97 Å². The van der Waals surface area contributed by atoms with Crippen molar-refractivity contribution < 1.29 is 9.53 Å². The lowest BCUT2D eigenvalue weighted by atomic mass is 10.1. The van der Waals surface area contributed by atoms with Crippen LogP contribution < -0.4 is 0 Å². The number of rotatable bonds is 3. The highest BCUT2D eigenvalue weighted by atomic mass is 16.5. The molecule has 0 aliphatic carbocycles. The normalized spacial score (nSPS) is 10.6. The van der Waals surface area contributed by atoms with E-state index in [1.54, 1.807) is 6.92 Å². The number of carbonyl (C=O) groups excluding carboxylic acids is 1. The number of fused-ring (bicyclic) bond motifs is 1. The van der Waals surface area contributed by atoms with Gasteiger partial charge in [-0.3, -0.25) is 0 Å². The van der Waals surface area contributed by atoms with Gasteiger partial charge < -0.3 is 4.74 Å². The zero-order valence-electron chi connectivity index (χ0n) is 11.0. The average molecular weight is 243 g/mol. The number of hydrogen-bond acceptors (Lipinski definition) is 3. The number of esters is 1. The van der Waals surface area contributed by atoms with E-state index >= 15 is 0 Å². The molecular formula is C15H17NO2. The Kier molecular flexibility index (Phi) is 3.60. The number of hydrogen-bond donors (Lipinski definition) is 0. The van der Waals surface area contributed by atoms with Gasteiger partial charge in [-0.1, -0.05) is 18.6 Å². The summed E-state index contributed by atoms with van der Waals surface area (Å²) in [6.07, 6.45) is 0.769. The minimum absolute atomic E-state index is 0.336. The van der Waals surface area contributed by atoms with Crippen LogP contribution >= 0.6 is 0 Å². The van der Waals surface area contributed by atoms with Crippen molar-refractivity contribution >= 4 is 16.9 Å². The molecule has 0 aliphatic rings. The van der Waals surface area contributed by atoms with Crippen LogP contribution in [0.1, 0.15) is 35.5 Å². The Hall–Kier alpha value is -1.90. The molecule has 1 aromatic heterocycles. The third kappa shape index (κ3) is 2.35. The van der Waals surface area contributed by atoms with Gasteiger partial charge in [0.1, 0.15) is 0 Å². The van der Waals surface area contributed by atoms with E-state index in [4.69, 9.17) is 4.74 Å².